The van der Waals surface area contributed by atoms with E-state index in [-0.39, 0.29) is 24.5 Å². The van der Waals surface area contributed by atoms with E-state index < -0.39 is 0 Å². The maximum absolute atomic E-state index is 11.1. The van der Waals surface area contributed by atoms with E-state index in [4.69, 9.17) is 4.74 Å². The van der Waals surface area contributed by atoms with Crippen LogP contribution in [-0.4, -0.2) is 38.1 Å². The Morgan fingerprint density at radius 1 is 1.40 bits per heavy atom. The zero-order valence-corrected chi connectivity index (χ0v) is 9.63. The van der Waals surface area contributed by atoms with Crippen LogP contribution < -0.4 is 10.6 Å². The molecule has 0 fully saturated rings. The van der Waals surface area contributed by atoms with Gasteiger partial charge in [0.1, 0.15) is 0 Å². The van der Waals surface area contributed by atoms with Gasteiger partial charge >= 0.3 is 5.97 Å². The number of esters is 1. The van der Waals surface area contributed by atoms with Gasteiger partial charge in [-0.25, -0.2) is 0 Å². The smallest absolute Gasteiger partial charge is 0.319 e. The normalized spacial score (nSPS) is 11.9. The molecule has 1 unspecified atom stereocenters. The highest BCUT2D eigenvalue weighted by molar-refractivity contribution is 5.81. The number of nitrogens with one attached hydrogen (secondary N) is 2. The average Bonchev–Trinajstić information content (AvgIpc) is 2.25. The molecule has 0 aliphatic carbocycles. The number of unbranched alkanes of at least 4 members (excludes halogenated alkanes) is 1. The highest BCUT2D eigenvalue weighted by Crippen LogP contribution is 1.88. The second-order valence-corrected chi connectivity index (χ2v) is 3.29. The number of carbonyl (C=O) groups excluding carboxylic acids is 2. The Morgan fingerprint density at radius 3 is 2.60 bits per heavy atom. The molecule has 0 aromatic heterocycles. The monoisotopic (exact) mass is 216 g/mol. The molecule has 15 heavy (non-hydrogen) atoms. The minimum Gasteiger partial charge on any atom is -0.465 e. The predicted octanol–water partition coefficient (Wildman–Crippen LogP) is 0.0538. The molecule has 88 valence electrons. The van der Waals surface area contributed by atoms with Gasteiger partial charge in [0.05, 0.1) is 19.2 Å². The Bertz CT molecular complexity index is 207. The molecule has 5 nitrogen and oxygen atoms in total. The largest absolute Gasteiger partial charge is 0.465 e. The molecule has 0 rings (SSSR count). The molecule has 0 spiro atoms. The van der Waals surface area contributed by atoms with E-state index in [9.17, 15) is 9.59 Å². The quantitative estimate of drug-likeness (QED) is 0.466. The molecular weight excluding hydrogens is 196 g/mol. The Labute approximate surface area is 90.6 Å². The fourth-order valence-electron chi connectivity index (χ4n) is 0.927. The predicted molar refractivity (Wildman–Crippen MR) is 57.4 cm³/mol. The summed E-state index contributed by atoms with van der Waals surface area (Å²) in [5, 5.41) is 5.26. The molecule has 1 amide bonds. The summed E-state index contributed by atoms with van der Waals surface area (Å²) in [5.74, 6) is -0.462. The summed E-state index contributed by atoms with van der Waals surface area (Å²) >= 11 is 0. The first kappa shape index (κ1) is 13.9. The second-order valence-electron chi connectivity index (χ2n) is 3.29. The molecule has 0 aliphatic rings. The van der Waals surface area contributed by atoms with E-state index in [0.717, 1.165) is 12.8 Å². The third-order valence-electron chi connectivity index (χ3n) is 1.95. The van der Waals surface area contributed by atoms with Gasteiger partial charge in [-0.2, -0.15) is 0 Å². The summed E-state index contributed by atoms with van der Waals surface area (Å²) in [4.78, 5) is 22.2. The van der Waals surface area contributed by atoms with Crippen LogP contribution in [0.25, 0.3) is 0 Å². The maximum Gasteiger partial charge on any atom is 0.319 e. The van der Waals surface area contributed by atoms with Gasteiger partial charge in [0.2, 0.25) is 5.91 Å². The van der Waals surface area contributed by atoms with Crippen molar-refractivity contribution in [2.45, 2.75) is 32.7 Å². The molecule has 2 N–H and O–H groups in total. The number of ether oxygens (including phenoxy) is 1. The van der Waals surface area contributed by atoms with Gasteiger partial charge in [-0.15, -0.1) is 0 Å². The van der Waals surface area contributed by atoms with Crippen molar-refractivity contribution in [3.8, 4) is 0 Å². The first-order chi connectivity index (χ1) is 7.11. The molecular formula is C10H20N2O3. The topological polar surface area (TPSA) is 67.4 Å². The van der Waals surface area contributed by atoms with E-state index >= 15 is 0 Å². The fourth-order valence-corrected chi connectivity index (χ4v) is 0.927. The molecule has 0 aliphatic heterocycles. The van der Waals surface area contributed by atoms with Crippen molar-refractivity contribution in [2.24, 2.45) is 0 Å². The van der Waals surface area contributed by atoms with Crippen molar-refractivity contribution >= 4 is 11.9 Å². The van der Waals surface area contributed by atoms with Crippen LogP contribution in [0.1, 0.15) is 26.7 Å². The highest BCUT2D eigenvalue weighted by Gasteiger charge is 2.11. The maximum atomic E-state index is 11.1. The summed E-state index contributed by atoms with van der Waals surface area (Å²) < 4.78 is 4.91. The van der Waals surface area contributed by atoms with Crippen molar-refractivity contribution in [3.05, 3.63) is 0 Å². The molecule has 0 aromatic rings. The zero-order chi connectivity index (χ0) is 11.7. The van der Waals surface area contributed by atoms with Crippen molar-refractivity contribution < 1.29 is 14.3 Å². The molecule has 0 saturated heterocycles. The van der Waals surface area contributed by atoms with Gasteiger partial charge < -0.3 is 10.1 Å². The molecule has 0 bridgehead atoms. The lowest BCUT2D eigenvalue weighted by Crippen LogP contribution is -2.43. The lowest BCUT2D eigenvalue weighted by atomic mass is 10.3. The molecule has 0 radical (unpaired) electrons. The van der Waals surface area contributed by atoms with Crippen LogP contribution in [0.4, 0.5) is 0 Å². The van der Waals surface area contributed by atoms with Crippen LogP contribution in [0.5, 0.6) is 0 Å². The zero-order valence-electron chi connectivity index (χ0n) is 9.63. The molecule has 0 heterocycles. The van der Waals surface area contributed by atoms with Crippen LogP contribution in [0.15, 0.2) is 0 Å². The second kappa shape index (κ2) is 8.23. The summed E-state index contributed by atoms with van der Waals surface area (Å²) in [7, 11) is 1.56. The first-order valence-electron chi connectivity index (χ1n) is 5.22. The van der Waals surface area contributed by atoms with Crippen molar-refractivity contribution in [3.63, 3.8) is 0 Å². The number of rotatable bonds is 7. The Balaban J connectivity index is 3.57. The van der Waals surface area contributed by atoms with Gasteiger partial charge in [0, 0.05) is 7.05 Å². The summed E-state index contributed by atoms with van der Waals surface area (Å²) in [6, 6.07) is -0.381. The highest BCUT2D eigenvalue weighted by atomic mass is 16.5. The number of hydrogen-bond donors (Lipinski definition) is 2. The van der Waals surface area contributed by atoms with Crippen LogP contribution >= 0.6 is 0 Å². The van der Waals surface area contributed by atoms with E-state index in [0.29, 0.717) is 6.61 Å². The lowest BCUT2D eigenvalue weighted by molar-refractivity contribution is -0.142. The number of amides is 1. The lowest BCUT2D eigenvalue weighted by Gasteiger charge is -2.11. The summed E-state index contributed by atoms with van der Waals surface area (Å²) in [6.45, 7) is 4.24. The standard InChI is InChI=1S/C10H20N2O3/c1-4-5-6-15-9(13)7-12-8(2)10(14)11-3/h8,12H,4-7H2,1-3H3,(H,11,14). The van der Waals surface area contributed by atoms with Gasteiger partial charge in [0.15, 0.2) is 0 Å². The van der Waals surface area contributed by atoms with E-state index in [1.165, 1.54) is 0 Å². The van der Waals surface area contributed by atoms with Gasteiger partial charge in [-0.3, -0.25) is 14.9 Å². The minimum absolute atomic E-state index is 0.0678. The van der Waals surface area contributed by atoms with Crippen molar-refractivity contribution in [1.82, 2.24) is 10.6 Å². The van der Waals surface area contributed by atoms with Crippen LogP contribution in [-0.2, 0) is 14.3 Å². The van der Waals surface area contributed by atoms with Gasteiger partial charge in [0.25, 0.3) is 0 Å². The molecule has 1 atom stereocenters. The number of hydrogen-bond acceptors (Lipinski definition) is 4. The third-order valence-corrected chi connectivity index (χ3v) is 1.95. The van der Waals surface area contributed by atoms with E-state index in [2.05, 4.69) is 10.6 Å². The molecule has 5 heteroatoms. The average molecular weight is 216 g/mol. The first-order valence-corrected chi connectivity index (χ1v) is 5.22. The third kappa shape index (κ3) is 6.90. The van der Waals surface area contributed by atoms with Crippen LogP contribution in [0, 0.1) is 0 Å². The van der Waals surface area contributed by atoms with Gasteiger partial charge in [-0.1, -0.05) is 13.3 Å². The summed E-state index contributed by atoms with van der Waals surface area (Å²) in [6.07, 6.45) is 1.87. The Kier molecular flexibility index (Phi) is 7.62. The fraction of sp³-hybridized carbons (Fsp3) is 0.800. The van der Waals surface area contributed by atoms with Crippen LogP contribution in [0.2, 0.25) is 0 Å². The molecule has 0 aromatic carbocycles. The van der Waals surface area contributed by atoms with E-state index in [1.807, 2.05) is 6.92 Å². The van der Waals surface area contributed by atoms with Gasteiger partial charge in [-0.05, 0) is 13.3 Å². The SMILES string of the molecule is CCCCOC(=O)CNC(C)C(=O)NC. The minimum atomic E-state index is -0.381. The molecule has 0 saturated carbocycles. The van der Waals surface area contributed by atoms with Crippen molar-refractivity contribution in [2.75, 3.05) is 20.2 Å². The van der Waals surface area contributed by atoms with Crippen molar-refractivity contribution in [1.29, 1.82) is 0 Å². The number of carbonyl (C=O) groups is 2. The number of likely N-dealkylation sites (N-methyl/N-ethyl adjacent to an activating group) is 1. The Hall–Kier alpha value is -1.10. The van der Waals surface area contributed by atoms with E-state index in [1.54, 1.807) is 14.0 Å². The van der Waals surface area contributed by atoms with Crippen LogP contribution in [0.3, 0.4) is 0 Å². The Morgan fingerprint density at radius 2 is 2.07 bits per heavy atom. The summed E-state index contributed by atoms with van der Waals surface area (Å²) in [5.41, 5.74) is 0.